The van der Waals surface area contributed by atoms with Crippen LogP contribution in [0.3, 0.4) is 0 Å². The van der Waals surface area contributed by atoms with Gasteiger partial charge >= 0.3 is 0 Å². The maximum atomic E-state index is 13.6. The Morgan fingerprint density at radius 2 is 1.65 bits per heavy atom. The second kappa shape index (κ2) is 9.96. The molecule has 110 valence electrons. The number of benzene rings is 1. The Balaban J connectivity index is 0.000000829. The molecule has 0 amide bonds. The zero-order valence-corrected chi connectivity index (χ0v) is 13.2. The summed E-state index contributed by atoms with van der Waals surface area (Å²) in [6, 6.07) is 8.61. The number of pyridine rings is 1. The predicted molar refractivity (Wildman–Crippen MR) is 83.6 cm³/mol. The third-order valence-electron chi connectivity index (χ3n) is 2.37. The van der Waals surface area contributed by atoms with Gasteiger partial charge in [-0.2, -0.15) is 0 Å². The Hall–Kier alpha value is -1.90. The van der Waals surface area contributed by atoms with Crippen LogP contribution in [0.5, 0.6) is 5.75 Å². The van der Waals surface area contributed by atoms with E-state index < -0.39 is 0 Å². The summed E-state index contributed by atoms with van der Waals surface area (Å²) in [5, 5.41) is 0. The minimum Gasteiger partial charge on any atom is -0.495 e. The van der Waals surface area contributed by atoms with Crippen molar-refractivity contribution in [3.8, 4) is 17.0 Å². The first kappa shape index (κ1) is 18.1. The largest absolute Gasteiger partial charge is 0.495 e. The standard InChI is InChI=1S/C13H12FNO.2C2H6/c1-9-3-5-11(12(14)7-9)13-6-4-10(16-2)8-15-13;2*1-2/h3-8H,1-2H3;2*1-2H3. The van der Waals surface area contributed by atoms with E-state index in [4.69, 9.17) is 4.74 Å². The molecular weight excluding hydrogens is 253 g/mol. The van der Waals surface area contributed by atoms with Crippen LogP contribution in [0.1, 0.15) is 33.3 Å². The van der Waals surface area contributed by atoms with Gasteiger partial charge in [0.1, 0.15) is 11.6 Å². The lowest BCUT2D eigenvalue weighted by Crippen LogP contribution is -1.90. The van der Waals surface area contributed by atoms with E-state index in [9.17, 15) is 4.39 Å². The summed E-state index contributed by atoms with van der Waals surface area (Å²) in [4.78, 5) is 4.15. The second-order valence-electron chi connectivity index (χ2n) is 3.57. The molecule has 1 aromatic carbocycles. The van der Waals surface area contributed by atoms with E-state index in [0.29, 0.717) is 17.0 Å². The third kappa shape index (κ3) is 5.00. The van der Waals surface area contributed by atoms with Crippen molar-refractivity contribution in [1.29, 1.82) is 0 Å². The van der Waals surface area contributed by atoms with Crippen molar-refractivity contribution in [2.75, 3.05) is 7.11 Å². The normalized spacial score (nSPS) is 8.75. The molecule has 0 aliphatic heterocycles. The van der Waals surface area contributed by atoms with Crippen molar-refractivity contribution in [2.45, 2.75) is 34.6 Å². The van der Waals surface area contributed by atoms with E-state index in [1.54, 1.807) is 31.5 Å². The molecule has 1 heterocycles. The van der Waals surface area contributed by atoms with Crippen molar-refractivity contribution in [1.82, 2.24) is 4.98 Å². The third-order valence-corrected chi connectivity index (χ3v) is 2.37. The van der Waals surface area contributed by atoms with Crippen LogP contribution in [0.4, 0.5) is 4.39 Å². The Morgan fingerprint density at radius 3 is 2.10 bits per heavy atom. The minimum absolute atomic E-state index is 0.252. The predicted octanol–water partition coefficient (Wildman–Crippen LogP) is 5.26. The molecule has 2 rings (SSSR count). The molecule has 2 aromatic rings. The molecule has 0 saturated heterocycles. The lowest BCUT2D eigenvalue weighted by atomic mass is 10.1. The molecule has 0 radical (unpaired) electrons. The van der Waals surface area contributed by atoms with Crippen LogP contribution in [0.25, 0.3) is 11.3 Å². The first-order valence-corrected chi connectivity index (χ1v) is 6.97. The number of aryl methyl sites for hydroxylation is 1. The first-order chi connectivity index (χ1) is 9.70. The van der Waals surface area contributed by atoms with Gasteiger partial charge in [0.15, 0.2) is 0 Å². The van der Waals surface area contributed by atoms with Crippen LogP contribution >= 0.6 is 0 Å². The summed E-state index contributed by atoms with van der Waals surface area (Å²) in [6.07, 6.45) is 1.58. The van der Waals surface area contributed by atoms with Crippen LogP contribution < -0.4 is 4.74 Å². The van der Waals surface area contributed by atoms with E-state index in [2.05, 4.69) is 4.98 Å². The van der Waals surface area contributed by atoms with Gasteiger partial charge in [0.05, 0.1) is 19.0 Å². The number of nitrogens with zero attached hydrogens (tertiary/aromatic N) is 1. The Bertz CT molecular complexity index is 495. The highest BCUT2D eigenvalue weighted by molar-refractivity contribution is 5.60. The molecule has 1 aromatic heterocycles. The molecule has 0 aliphatic rings. The number of aromatic nitrogens is 1. The van der Waals surface area contributed by atoms with E-state index >= 15 is 0 Å². The average molecular weight is 277 g/mol. The van der Waals surface area contributed by atoms with Gasteiger partial charge in [-0.05, 0) is 36.8 Å². The van der Waals surface area contributed by atoms with Gasteiger partial charge in [-0.15, -0.1) is 0 Å². The topological polar surface area (TPSA) is 22.1 Å². The zero-order valence-electron chi connectivity index (χ0n) is 13.2. The Labute approximate surface area is 121 Å². The van der Waals surface area contributed by atoms with E-state index in [0.717, 1.165) is 5.56 Å². The molecule has 0 fully saturated rings. The summed E-state index contributed by atoms with van der Waals surface area (Å²) in [5.74, 6) is 0.411. The maximum absolute atomic E-state index is 13.6. The van der Waals surface area contributed by atoms with Crippen LogP contribution in [0.15, 0.2) is 36.5 Å². The molecule has 0 saturated carbocycles. The fraction of sp³-hybridized carbons (Fsp3) is 0.353. The second-order valence-corrected chi connectivity index (χ2v) is 3.57. The molecule has 0 N–H and O–H groups in total. The van der Waals surface area contributed by atoms with Crippen molar-refractivity contribution in [3.05, 3.63) is 47.9 Å². The molecule has 20 heavy (non-hydrogen) atoms. The minimum atomic E-state index is -0.252. The van der Waals surface area contributed by atoms with Gasteiger partial charge < -0.3 is 4.74 Å². The number of ether oxygens (including phenoxy) is 1. The van der Waals surface area contributed by atoms with Gasteiger partial charge in [-0.1, -0.05) is 33.8 Å². The summed E-state index contributed by atoms with van der Waals surface area (Å²) in [5.41, 5.74) is 2.02. The molecule has 3 heteroatoms. The van der Waals surface area contributed by atoms with Crippen molar-refractivity contribution < 1.29 is 9.13 Å². The summed E-state index contributed by atoms with van der Waals surface area (Å²) >= 11 is 0. The fourth-order valence-corrected chi connectivity index (χ4v) is 1.49. The van der Waals surface area contributed by atoms with Gasteiger partial charge in [0.2, 0.25) is 0 Å². The molecule has 0 aliphatic carbocycles. The van der Waals surface area contributed by atoms with Crippen LogP contribution in [-0.4, -0.2) is 12.1 Å². The number of methoxy groups -OCH3 is 1. The van der Waals surface area contributed by atoms with Crippen molar-refractivity contribution >= 4 is 0 Å². The number of halogens is 1. The molecular formula is C17H24FNO. The Kier molecular flexibility index (Phi) is 9.01. The van der Waals surface area contributed by atoms with E-state index in [1.807, 2.05) is 40.7 Å². The first-order valence-electron chi connectivity index (χ1n) is 6.97. The summed E-state index contributed by atoms with van der Waals surface area (Å²) in [7, 11) is 1.57. The summed E-state index contributed by atoms with van der Waals surface area (Å²) < 4.78 is 18.6. The van der Waals surface area contributed by atoms with Gasteiger partial charge in [-0.25, -0.2) is 4.39 Å². The fourth-order valence-electron chi connectivity index (χ4n) is 1.49. The summed E-state index contributed by atoms with van der Waals surface area (Å²) in [6.45, 7) is 9.86. The number of hydrogen-bond acceptors (Lipinski definition) is 2. The molecule has 2 nitrogen and oxygen atoms in total. The van der Waals surface area contributed by atoms with Crippen molar-refractivity contribution in [3.63, 3.8) is 0 Å². The van der Waals surface area contributed by atoms with Crippen LogP contribution in [0.2, 0.25) is 0 Å². The maximum Gasteiger partial charge on any atom is 0.137 e. The molecule has 0 spiro atoms. The Morgan fingerprint density at radius 1 is 1.00 bits per heavy atom. The van der Waals surface area contributed by atoms with Gasteiger partial charge in [0.25, 0.3) is 0 Å². The SMILES string of the molecule is CC.CC.COc1ccc(-c2ccc(C)cc2F)nc1. The van der Waals surface area contributed by atoms with E-state index in [-0.39, 0.29) is 5.82 Å². The van der Waals surface area contributed by atoms with Gasteiger partial charge in [-0.3, -0.25) is 4.98 Å². The molecule has 0 unspecified atom stereocenters. The highest BCUT2D eigenvalue weighted by atomic mass is 19.1. The highest BCUT2D eigenvalue weighted by Gasteiger charge is 2.06. The lowest BCUT2D eigenvalue weighted by molar-refractivity contribution is 0.413. The molecule has 0 bridgehead atoms. The molecule has 0 atom stereocenters. The van der Waals surface area contributed by atoms with Gasteiger partial charge in [0, 0.05) is 5.56 Å². The average Bonchev–Trinajstić information content (AvgIpc) is 2.51. The van der Waals surface area contributed by atoms with Crippen molar-refractivity contribution in [2.24, 2.45) is 0 Å². The smallest absolute Gasteiger partial charge is 0.137 e. The zero-order chi connectivity index (χ0) is 15.5. The van der Waals surface area contributed by atoms with Crippen LogP contribution in [0, 0.1) is 12.7 Å². The quantitative estimate of drug-likeness (QED) is 0.747. The lowest BCUT2D eigenvalue weighted by Gasteiger charge is -2.04. The highest BCUT2D eigenvalue weighted by Crippen LogP contribution is 2.23. The number of rotatable bonds is 2. The number of hydrogen-bond donors (Lipinski definition) is 0. The van der Waals surface area contributed by atoms with E-state index in [1.165, 1.54) is 6.07 Å². The van der Waals surface area contributed by atoms with Crippen LogP contribution in [-0.2, 0) is 0 Å². The monoisotopic (exact) mass is 277 g/mol.